The lowest BCUT2D eigenvalue weighted by Crippen LogP contribution is -2.23. The second-order valence-electron chi connectivity index (χ2n) is 2.88. The fraction of sp³-hybridized carbons (Fsp3) is 0.875. The molecule has 0 heterocycles. The van der Waals surface area contributed by atoms with E-state index in [2.05, 4.69) is 4.74 Å². The van der Waals surface area contributed by atoms with Gasteiger partial charge in [0.15, 0.2) is 0 Å². The molecule has 0 spiro atoms. The molecule has 0 fully saturated rings. The van der Waals surface area contributed by atoms with Crippen molar-refractivity contribution in [3.63, 3.8) is 0 Å². The second kappa shape index (κ2) is 8.22. The minimum Gasteiger partial charge on any atom is -0.463 e. The van der Waals surface area contributed by atoms with Crippen molar-refractivity contribution in [2.24, 2.45) is 0 Å². The van der Waals surface area contributed by atoms with Crippen LogP contribution in [0.5, 0.6) is 0 Å². The molecule has 0 saturated heterocycles. The zero-order valence-corrected chi connectivity index (χ0v) is 10.3. The maximum atomic E-state index is 10.4. The highest BCUT2D eigenvalue weighted by atomic mass is 28.1. The zero-order chi connectivity index (χ0) is 10.1. The first-order valence-corrected chi connectivity index (χ1v) is 5.97. The fourth-order valence-electron chi connectivity index (χ4n) is 0.727. The summed E-state index contributed by atoms with van der Waals surface area (Å²) in [7, 11) is 1.19. The smallest absolute Gasteiger partial charge is 0.302 e. The summed E-state index contributed by atoms with van der Waals surface area (Å²) in [6, 6.07) is 1.21. The molecule has 78 valence electrons. The van der Waals surface area contributed by atoms with Gasteiger partial charge in [0.05, 0.1) is 6.61 Å². The molecule has 1 atom stereocenters. The second-order valence-corrected chi connectivity index (χ2v) is 3.88. The Labute approximate surface area is 81.6 Å². The van der Waals surface area contributed by atoms with E-state index in [0.717, 1.165) is 6.42 Å². The van der Waals surface area contributed by atoms with Crippen LogP contribution in [0.2, 0.25) is 6.04 Å². The maximum Gasteiger partial charge on any atom is 0.302 e. The van der Waals surface area contributed by atoms with Crippen LogP contribution in [0.15, 0.2) is 0 Å². The summed E-state index contributed by atoms with van der Waals surface area (Å²) >= 11 is 0. The molecule has 0 bridgehead atoms. The minimum atomic E-state index is -0.696. The number of esters is 1. The highest BCUT2D eigenvalue weighted by Gasteiger charge is 2.05. The Morgan fingerprint density at radius 2 is 2.23 bits per heavy atom. The molecule has 13 heavy (non-hydrogen) atoms. The van der Waals surface area contributed by atoms with E-state index in [1.54, 1.807) is 0 Å². The van der Waals surface area contributed by atoms with E-state index in [-0.39, 0.29) is 19.2 Å². The number of hydrogen-bond donors (Lipinski definition) is 1. The van der Waals surface area contributed by atoms with Gasteiger partial charge in [0.2, 0.25) is 0 Å². The number of rotatable bonds is 7. The monoisotopic (exact) mass is 206 g/mol. The van der Waals surface area contributed by atoms with Crippen LogP contribution in [0.3, 0.4) is 0 Å². The maximum absolute atomic E-state index is 10.4. The van der Waals surface area contributed by atoms with E-state index in [1.165, 1.54) is 23.2 Å². The van der Waals surface area contributed by atoms with Crippen molar-refractivity contribution in [2.45, 2.75) is 25.5 Å². The Kier molecular flexibility index (Phi) is 7.97. The lowest BCUT2D eigenvalue weighted by molar-refractivity contribution is -0.145. The van der Waals surface area contributed by atoms with E-state index in [0.29, 0.717) is 6.61 Å². The lowest BCUT2D eigenvalue weighted by Gasteiger charge is -2.10. The van der Waals surface area contributed by atoms with Crippen molar-refractivity contribution < 1.29 is 19.4 Å². The quantitative estimate of drug-likeness (QED) is 0.333. The van der Waals surface area contributed by atoms with Gasteiger partial charge in [-0.2, -0.15) is 0 Å². The Morgan fingerprint density at radius 1 is 1.54 bits per heavy atom. The molecule has 0 aromatic carbocycles. The SMILES string of the molecule is CC(=O)OCC(O)COCCC[SiH3]. The molecule has 0 radical (unpaired) electrons. The summed E-state index contributed by atoms with van der Waals surface area (Å²) < 4.78 is 9.75. The van der Waals surface area contributed by atoms with Gasteiger partial charge in [0, 0.05) is 23.8 Å². The molecule has 0 saturated carbocycles. The topological polar surface area (TPSA) is 55.8 Å². The molecular formula is C8H18O4Si. The van der Waals surface area contributed by atoms with Crippen molar-refractivity contribution in [1.29, 1.82) is 0 Å². The number of aliphatic hydroxyl groups excluding tert-OH is 1. The molecule has 0 aromatic rings. The van der Waals surface area contributed by atoms with Crippen LogP contribution in [0, 0.1) is 0 Å². The predicted molar refractivity (Wildman–Crippen MR) is 52.8 cm³/mol. The number of carbonyl (C=O) groups is 1. The van der Waals surface area contributed by atoms with Crippen molar-refractivity contribution in [3.05, 3.63) is 0 Å². The Bertz CT molecular complexity index is 140. The third kappa shape index (κ3) is 9.52. The van der Waals surface area contributed by atoms with E-state index in [1.807, 2.05) is 0 Å². The van der Waals surface area contributed by atoms with Crippen LogP contribution in [0.1, 0.15) is 13.3 Å². The number of ether oxygens (including phenoxy) is 2. The average Bonchev–Trinajstić information content (AvgIpc) is 2.09. The molecule has 4 nitrogen and oxygen atoms in total. The van der Waals surface area contributed by atoms with Gasteiger partial charge in [0.1, 0.15) is 12.7 Å². The molecule has 1 N–H and O–H groups in total. The fourth-order valence-corrected chi connectivity index (χ4v) is 1.02. The van der Waals surface area contributed by atoms with Crippen LogP contribution >= 0.6 is 0 Å². The summed E-state index contributed by atoms with van der Waals surface area (Å²) in [5.41, 5.74) is 0. The van der Waals surface area contributed by atoms with Crippen molar-refractivity contribution >= 4 is 16.2 Å². The molecule has 0 aliphatic carbocycles. The largest absolute Gasteiger partial charge is 0.463 e. The number of aliphatic hydroxyl groups is 1. The first-order chi connectivity index (χ1) is 6.16. The van der Waals surface area contributed by atoms with Crippen LogP contribution in [0.4, 0.5) is 0 Å². The van der Waals surface area contributed by atoms with Gasteiger partial charge >= 0.3 is 5.97 Å². The zero-order valence-electron chi connectivity index (χ0n) is 8.28. The molecule has 5 heteroatoms. The molecule has 0 aromatic heterocycles. The van der Waals surface area contributed by atoms with Gasteiger partial charge in [-0.3, -0.25) is 4.79 Å². The van der Waals surface area contributed by atoms with E-state index in [4.69, 9.17) is 4.74 Å². The molecule has 1 unspecified atom stereocenters. The molecule has 0 amide bonds. The number of carbonyl (C=O) groups excluding carboxylic acids is 1. The van der Waals surface area contributed by atoms with Crippen molar-refractivity contribution in [3.8, 4) is 0 Å². The highest BCUT2D eigenvalue weighted by Crippen LogP contribution is 1.91. The standard InChI is InChI=1S/C8H18O4Si/c1-7(9)12-6-8(10)5-11-3-2-4-13/h8,10H,2-6H2,1,13H3. The third-order valence-electron chi connectivity index (χ3n) is 1.43. The molecule has 0 rings (SSSR count). The molecule has 0 aliphatic rings. The van der Waals surface area contributed by atoms with E-state index >= 15 is 0 Å². The van der Waals surface area contributed by atoms with Gasteiger partial charge in [-0.1, -0.05) is 6.04 Å². The number of hydrogen-bond acceptors (Lipinski definition) is 4. The van der Waals surface area contributed by atoms with Gasteiger partial charge in [-0.15, -0.1) is 0 Å². The van der Waals surface area contributed by atoms with Crippen molar-refractivity contribution in [1.82, 2.24) is 0 Å². The summed E-state index contributed by atoms with van der Waals surface area (Å²) in [4.78, 5) is 10.4. The summed E-state index contributed by atoms with van der Waals surface area (Å²) in [5.74, 6) is -0.376. The van der Waals surface area contributed by atoms with Crippen LogP contribution in [-0.2, 0) is 14.3 Å². The lowest BCUT2D eigenvalue weighted by atomic mass is 10.4. The summed E-state index contributed by atoms with van der Waals surface area (Å²) in [5, 5.41) is 9.20. The summed E-state index contributed by atoms with van der Waals surface area (Å²) in [6.07, 6.45) is 0.352. The van der Waals surface area contributed by atoms with Gasteiger partial charge in [-0.25, -0.2) is 0 Å². The highest BCUT2D eigenvalue weighted by molar-refractivity contribution is 6.08. The normalized spacial score (nSPS) is 12.8. The van der Waals surface area contributed by atoms with Gasteiger partial charge in [0.25, 0.3) is 0 Å². The first kappa shape index (κ1) is 12.6. The van der Waals surface area contributed by atoms with E-state index in [9.17, 15) is 9.90 Å². The molecule has 0 aliphatic heterocycles. The average molecular weight is 206 g/mol. The third-order valence-corrected chi connectivity index (χ3v) is 2.14. The Morgan fingerprint density at radius 3 is 2.77 bits per heavy atom. The predicted octanol–water partition coefficient (Wildman–Crippen LogP) is -0.899. The van der Waals surface area contributed by atoms with Gasteiger partial charge in [-0.05, 0) is 6.42 Å². The van der Waals surface area contributed by atoms with E-state index < -0.39 is 6.10 Å². The van der Waals surface area contributed by atoms with Crippen LogP contribution < -0.4 is 0 Å². The Hall–Kier alpha value is -0.393. The minimum absolute atomic E-state index is 0.0240. The first-order valence-electron chi connectivity index (χ1n) is 4.56. The van der Waals surface area contributed by atoms with Crippen molar-refractivity contribution in [2.75, 3.05) is 19.8 Å². The van der Waals surface area contributed by atoms with Crippen LogP contribution in [0.25, 0.3) is 0 Å². The van der Waals surface area contributed by atoms with Crippen LogP contribution in [-0.4, -0.2) is 47.2 Å². The van der Waals surface area contributed by atoms with Gasteiger partial charge < -0.3 is 14.6 Å². The Balaban J connectivity index is 3.19. The summed E-state index contributed by atoms with van der Waals surface area (Å²) in [6.45, 7) is 2.26. The molecular weight excluding hydrogens is 188 g/mol.